The minimum atomic E-state index is -0.418. The molecule has 0 aliphatic carbocycles. The quantitative estimate of drug-likeness (QED) is 0.556. The summed E-state index contributed by atoms with van der Waals surface area (Å²) in [5, 5.41) is 0. The van der Waals surface area contributed by atoms with E-state index >= 15 is 0 Å². The highest BCUT2D eigenvalue weighted by atomic mass is 16.5. The smallest absolute Gasteiger partial charge is 0.344 e. The van der Waals surface area contributed by atoms with Crippen LogP contribution in [0.15, 0.2) is 23.3 Å². The summed E-state index contributed by atoms with van der Waals surface area (Å²) in [5.41, 5.74) is 0.218. The molecule has 0 unspecified atom stereocenters. The molecule has 5 heteroatoms. The number of carbonyl (C=O) groups excluding carboxylic acids is 1. The Bertz CT molecular complexity index is 375. The zero-order valence-corrected chi connectivity index (χ0v) is 7.69. The maximum absolute atomic E-state index is 10.9. The van der Waals surface area contributed by atoms with E-state index in [2.05, 4.69) is 14.7 Å². The molecule has 0 aliphatic rings. The number of ether oxygens (including phenoxy) is 1. The van der Waals surface area contributed by atoms with Gasteiger partial charge >= 0.3 is 11.7 Å². The molecule has 1 aromatic heterocycles. The summed E-state index contributed by atoms with van der Waals surface area (Å²) in [7, 11) is 0. The lowest BCUT2D eigenvalue weighted by molar-refractivity contribution is -0.137. The molecule has 0 radical (unpaired) electrons. The molecule has 0 aliphatic heterocycles. The number of H-pyrrole nitrogens is 1. The van der Waals surface area contributed by atoms with Crippen LogP contribution in [0, 0.1) is 0 Å². The average molecular weight is 194 g/mol. The summed E-state index contributed by atoms with van der Waals surface area (Å²) < 4.78 is 4.67. The molecule has 0 spiro atoms. The van der Waals surface area contributed by atoms with E-state index in [0.717, 1.165) is 0 Å². The van der Waals surface area contributed by atoms with Crippen molar-refractivity contribution in [1.29, 1.82) is 0 Å². The monoisotopic (exact) mass is 194 g/mol. The molecule has 5 nitrogen and oxygen atoms in total. The van der Waals surface area contributed by atoms with Gasteiger partial charge in [0.25, 0.3) is 0 Å². The number of hydrogen-bond donors (Lipinski definition) is 1. The summed E-state index contributed by atoms with van der Waals surface area (Å²) in [6.07, 6.45) is 5.62. The summed E-state index contributed by atoms with van der Waals surface area (Å²) in [6.45, 7) is 2.07. The van der Waals surface area contributed by atoms with E-state index in [-0.39, 0.29) is 0 Å². The van der Waals surface area contributed by atoms with Crippen LogP contribution in [0.1, 0.15) is 12.5 Å². The first-order valence-corrected chi connectivity index (χ1v) is 4.12. The van der Waals surface area contributed by atoms with Crippen LogP contribution in [0.5, 0.6) is 0 Å². The van der Waals surface area contributed by atoms with Crippen molar-refractivity contribution in [2.24, 2.45) is 0 Å². The lowest BCUT2D eigenvalue weighted by atomic mass is 10.3. The van der Waals surface area contributed by atoms with Crippen molar-refractivity contribution in [1.82, 2.24) is 9.97 Å². The van der Waals surface area contributed by atoms with Crippen molar-refractivity contribution in [2.45, 2.75) is 6.92 Å². The first-order valence-electron chi connectivity index (χ1n) is 4.12. The van der Waals surface area contributed by atoms with Crippen LogP contribution in [0.4, 0.5) is 0 Å². The van der Waals surface area contributed by atoms with Gasteiger partial charge in [0, 0.05) is 24.0 Å². The van der Waals surface area contributed by atoms with Gasteiger partial charge in [0.2, 0.25) is 0 Å². The fraction of sp³-hybridized carbons (Fsp3) is 0.222. The number of hydrogen-bond acceptors (Lipinski definition) is 4. The lowest BCUT2D eigenvalue weighted by Crippen LogP contribution is -2.08. The van der Waals surface area contributed by atoms with Gasteiger partial charge in [-0.1, -0.05) is 0 Å². The molecule has 0 saturated carbocycles. The topological polar surface area (TPSA) is 72.0 Å². The Labute approximate surface area is 80.4 Å². The fourth-order valence-corrected chi connectivity index (χ4v) is 0.799. The van der Waals surface area contributed by atoms with Gasteiger partial charge in [0.1, 0.15) is 0 Å². The predicted octanol–water partition coefficient (Wildman–Crippen LogP) is 0.346. The second-order valence-electron chi connectivity index (χ2n) is 2.44. The third-order valence-electron chi connectivity index (χ3n) is 1.39. The molecule has 0 saturated heterocycles. The molecular weight excluding hydrogens is 184 g/mol. The Morgan fingerprint density at radius 1 is 1.71 bits per heavy atom. The standard InChI is InChI=1S/C9H10N2O3/c1-2-14-8(12)4-3-7-5-10-9(13)11-6-7/h3-6H,2H2,1H3,(H,10,11,13). The van der Waals surface area contributed by atoms with Crippen LogP contribution in [-0.2, 0) is 9.53 Å². The number of rotatable bonds is 3. The van der Waals surface area contributed by atoms with E-state index in [0.29, 0.717) is 12.2 Å². The molecule has 0 amide bonds. The average Bonchev–Trinajstić information content (AvgIpc) is 2.17. The van der Waals surface area contributed by atoms with Gasteiger partial charge in [-0.3, -0.25) is 0 Å². The number of nitrogens with zero attached hydrogens (tertiary/aromatic N) is 1. The molecule has 1 heterocycles. The van der Waals surface area contributed by atoms with Gasteiger partial charge in [0.05, 0.1) is 6.61 Å². The van der Waals surface area contributed by atoms with E-state index in [1.165, 1.54) is 24.5 Å². The number of carbonyl (C=O) groups is 1. The molecule has 1 N–H and O–H groups in total. The van der Waals surface area contributed by atoms with Gasteiger partial charge in [-0.05, 0) is 13.0 Å². The second kappa shape index (κ2) is 4.96. The molecule has 1 rings (SSSR count). The molecule has 1 aromatic rings. The highest BCUT2D eigenvalue weighted by Crippen LogP contribution is 1.95. The summed E-state index contributed by atoms with van der Waals surface area (Å²) in [4.78, 5) is 27.3. The fourth-order valence-electron chi connectivity index (χ4n) is 0.799. The maximum atomic E-state index is 10.9. The summed E-state index contributed by atoms with van der Waals surface area (Å²) >= 11 is 0. The van der Waals surface area contributed by atoms with E-state index in [4.69, 9.17) is 0 Å². The lowest BCUT2D eigenvalue weighted by Gasteiger charge is -1.94. The Kier molecular flexibility index (Phi) is 3.60. The first kappa shape index (κ1) is 10.2. The van der Waals surface area contributed by atoms with E-state index in [1.54, 1.807) is 6.92 Å². The van der Waals surface area contributed by atoms with Crippen LogP contribution >= 0.6 is 0 Å². The Morgan fingerprint density at radius 3 is 3.07 bits per heavy atom. The highest BCUT2D eigenvalue weighted by Gasteiger charge is 1.93. The molecule has 0 fully saturated rings. The highest BCUT2D eigenvalue weighted by molar-refractivity contribution is 5.86. The van der Waals surface area contributed by atoms with Gasteiger partial charge in [-0.15, -0.1) is 0 Å². The van der Waals surface area contributed by atoms with Crippen molar-refractivity contribution >= 4 is 12.0 Å². The van der Waals surface area contributed by atoms with Crippen LogP contribution in [0.2, 0.25) is 0 Å². The zero-order chi connectivity index (χ0) is 10.4. The van der Waals surface area contributed by atoms with Gasteiger partial charge < -0.3 is 9.72 Å². The molecule has 14 heavy (non-hydrogen) atoms. The van der Waals surface area contributed by atoms with E-state index in [1.807, 2.05) is 0 Å². The van der Waals surface area contributed by atoms with Crippen molar-refractivity contribution < 1.29 is 9.53 Å². The third kappa shape index (κ3) is 3.22. The molecule has 0 aromatic carbocycles. The minimum absolute atomic E-state index is 0.340. The van der Waals surface area contributed by atoms with Crippen molar-refractivity contribution in [3.8, 4) is 0 Å². The Hall–Kier alpha value is -1.91. The number of aromatic nitrogens is 2. The third-order valence-corrected chi connectivity index (χ3v) is 1.39. The van der Waals surface area contributed by atoms with Gasteiger partial charge in [-0.2, -0.15) is 0 Å². The number of aromatic amines is 1. The summed E-state index contributed by atoms with van der Waals surface area (Å²) in [5.74, 6) is -0.418. The van der Waals surface area contributed by atoms with Crippen LogP contribution in [-0.4, -0.2) is 22.5 Å². The van der Waals surface area contributed by atoms with E-state index in [9.17, 15) is 9.59 Å². The number of esters is 1. The molecular formula is C9H10N2O3. The Morgan fingerprint density at radius 2 is 2.50 bits per heavy atom. The van der Waals surface area contributed by atoms with Crippen LogP contribution in [0.25, 0.3) is 6.08 Å². The van der Waals surface area contributed by atoms with Gasteiger partial charge in [-0.25, -0.2) is 14.6 Å². The predicted molar refractivity (Wildman–Crippen MR) is 50.5 cm³/mol. The van der Waals surface area contributed by atoms with Crippen molar-refractivity contribution in [3.05, 3.63) is 34.5 Å². The van der Waals surface area contributed by atoms with Gasteiger partial charge in [0.15, 0.2) is 0 Å². The minimum Gasteiger partial charge on any atom is -0.463 e. The van der Waals surface area contributed by atoms with Crippen LogP contribution in [0.3, 0.4) is 0 Å². The molecule has 0 atom stereocenters. The maximum Gasteiger partial charge on any atom is 0.344 e. The second-order valence-corrected chi connectivity index (χ2v) is 2.44. The molecule has 74 valence electrons. The largest absolute Gasteiger partial charge is 0.463 e. The van der Waals surface area contributed by atoms with Crippen molar-refractivity contribution in [2.75, 3.05) is 6.61 Å². The summed E-state index contributed by atoms with van der Waals surface area (Å²) in [6, 6.07) is 0. The first-order chi connectivity index (χ1) is 6.72. The SMILES string of the molecule is CCOC(=O)C=Cc1cnc(=O)[nH]c1. The van der Waals surface area contributed by atoms with Crippen molar-refractivity contribution in [3.63, 3.8) is 0 Å². The van der Waals surface area contributed by atoms with Crippen LogP contribution < -0.4 is 5.69 Å². The zero-order valence-electron chi connectivity index (χ0n) is 7.69. The Balaban J connectivity index is 2.64. The number of nitrogens with one attached hydrogen (secondary N) is 1. The molecule has 0 bridgehead atoms. The van der Waals surface area contributed by atoms with E-state index < -0.39 is 11.7 Å². The normalized spacial score (nSPS) is 10.4.